The molecule has 48 valence electrons. The van der Waals surface area contributed by atoms with E-state index in [2.05, 4.69) is 23.3 Å². The van der Waals surface area contributed by atoms with Gasteiger partial charge in [-0.15, -0.1) is 0 Å². The van der Waals surface area contributed by atoms with Crippen molar-refractivity contribution in [2.24, 2.45) is 5.92 Å². The highest BCUT2D eigenvalue weighted by molar-refractivity contribution is 7.80. The fourth-order valence-corrected chi connectivity index (χ4v) is 1.10. The first-order valence-corrected chi connectivity index (χ1v) is 3.59. The normalized spacial score (nSPS) is 23.6. The van der Waals surface area contributed by atoms with Crippen LogP contribution in [0, 0.1) is 5.92 Å². The van der Waals surface area contributed by atoms with Gasteiger partial charge in [0.15, 0.2) is 0 Å². The Kier molecular flexibility index (Phi) is 2.66. The largest absolute Gasteiger partial charge is 0.304 e. The topological polar surface area (TPSA) is 24.1 Å². The third-order valence-electron chi connectivity index (χ3n) is 1.37. The van der Waals surface area contributed by atoms with Crippen molar-refractivity contribution in [3.05, 3.63) is 0 Å². The lowest BCUT2D eigenvalue weighted by molar-refractivity contribution is 0.402. The summed E-state index contributed by atoms with van der Waals surface area (Å²) in [6.45, 7) is 3.21. The van der Waals surface area contributed by atoms with Crippen molar-refractivity contribution in [2.75, 3.05) is 25.5 Å². The van der Waals surface area contributed by atoms with Crippen LogP contribution in [0.1, 0.15) is 0 Å². The fraction of sp³-hybridized carbons (Fsp3) is 1.00. The first-order chi connectivity index (χ1) is 3.93. The van der Waals surface area contributed by atoms with Crippen molar-refractivity contribution in [2.45, 2.75) is 0 Å². The molecule has 3 heteroatoms. The van der Waals surface area contributed by atoms with Gasteiger partial charge in [0.05, 0.1) is 0 Å². The van der Waals surface area contributed by atoms with Crippen molar-refractivity contribution in [1.82, 2.24) is 10.6 Å². The number of hydrogen-bond donors (Lipinski definition) is 3. The molecule has 1 aliphatic rings. The number of thiol groups is 1. The summed E-state index contributed by atoms with van der Waals surface area (Å²) in [6.07, 6.45) is 0. The Morgan fingerprint density at radius 2 is 2.00 bits per heavy atom. The summed E-state index contributed by atoms with van der Waals surface area (Å²) in [5.74, 6) is 1.71. The van der Waals surface area contributed by atoms with Gasteiger partial charge in [-0.25, -0.2) is 0 Å². The van der Waals surface area contributed by atoms with E-state index < -0.39 is 0 Å². The molecule has 0 aromatic carbocycles. The van der Waals surface area contributed by atoms with Crippen LogP contribution in [-0.2, 0) is 0 Å². The van der Waals surface area contributed by atoms with Gasteiger partial charge in [0.2, 0.25) is 0 Å². The zero-order chi connectivity index (χ0) is 5.82. The first kappa shape index (κ1) is 6.39. The molecule has 0 aliphatic carbocycles. The SMILES string of the molecule is SCC1CNCNC1. The minimum atomic E-state index is 0.729. The molecule has 1 fully saturated rings. The van der Waals surface area contributed by atoms with E-state index in [0.717, 1.165) is 31.4 Å². The standard InChI is InChI=1S/C5H12N2S/c8-3-5-1-6-4-7-2-5/h5-8H,1-4H2. The van der Waals surface area contributed by atoms with E-state index in [1.165, 1.54) is 0 Å². The summed E-state index contributed by atoms with van der Waals surface area (Å²) in [4.78, 5) is 0. The highest BCUT2D eigenvalue weighted by Gasteiger charge is 2.08. The van der Waals surface area contributed by atoms with Crippen LogP contribution in [0.5, 0.6) is 0 Å². The third-order valence-corrected chi connectivity index (χ3v) is 1.89. The minimum absolute atomic E-state index is 0.729. The zero-order valence-corrected chi connectivity index (χ0v) is 5.75. The van der Waals surface area contributed by atoms with Crippen molar-refractivity contribution in [3.63, 3.8) is 0 Å². The molecule has 0 radical (unpaired) electrons. The molecule has 1 saturated heterocycles. The maximum Gasteiger partial charge on any atom is 0.0454 e. The molecule has 1 heterocycles. The summed E-state index contributed by atoms with van der Waals surface area (Å²) in [5, 5.41) is 6.45. The Balaban J connectivity index is 2.13. The summed E-state index contributed by atoms with van der Waals surface area (Å²) in [6, 6.07) is 0. The van der Waals surface area contributed by atoms with E-state index in [-0.39, 0.29) is 0 Å². The highest BCUT2D eigenvalue weighted by atomic mass is 32.1. The average Bonchev–Trinajstić information content (AvgIpc) is 1.90. The van der Waals surface area contributed by atoms with Gasteiger partial charge in [-0.1, -0.05) is 0 Å². The summed E-state index contributed by atoms with van der Waals surface area (Å²) >= 11 is 4.18. The van der Waals surface area contributed by atoms with Crippen LogP contribution in [0.25, 0.3) is 0 Å². The maximum absolute atomic E-state index is 4.18. The lowest BCUT2D eigenvalue weighted by atomic mass is 10.1. The quantitative estimate of drug-likeness (QED) is 0.426. The van der Waals surface area contributed by atoms with E-state index in [1.54, 1.807) is 0 Å². The zero-order valence-electron chi connectivity index (χ0n) is 4.85. The monoisotopic (exact) mass is 132 g/mol. The predicted octanol–water partition coefficient (Wildman–Crippen LogP) is -0.317. The minimum Gasteiger partial charge on any atom is -0.304 e. The summed E-state index contributed by atoms with van der Waals surface area (Å²) in [7, 11) is 0. The van der Waals surface area contributed by atoms with Crippen LogP contribution in [0.4, 0.5) is 0 Å². The van der Waals surface area contributed by atoms with Crippen molar-refractivity contribution >= 4 is 12.6 Å². The number of hydrogen-bond acceptors (Lipinski definition) is 3. The molecule has 2 nitrogen and oxygen atoms in total. The Morgan fingerprint density at radius 3 is 2.38 bits per heavy atom. The van der Waals surface area contributed by atoms with Crippen LogP contribution in [0.15, 0.2) is 0 Å². The van der Waals surface area contributed by atoms with Gasteiger partial charge in [-0.3, -0.25) is 0 Å². The van der Waals surface area contributed by atoms with E-state index in [1.807, 2.05) is 0 Å². The molecule has 8 heavy (non-hydrogen) atoms. The van der Waals surface area contributed by atoms with E-state index >= 15 is 0 Å². The lowest BCUT2D eigenvalue weighted by Gasteiger charge is -2.21. The molecule has 0 saturated carbocycles. The van der Waals surface area contributed by atoms with Crippen LogP contribution in [0.3, 0.4) is 0 Å². The summed E-state index contributed by atoms with van der Waals surface area (Å²) < 4.78 is 0. The fourth-order valence-electron chi connectivity index (χ4n) is 0.842. The molecule has 0 amide bonds. The molecule has 0 aromatic rings. The second kappa shape index (κ2) is 3.33. The van der Waals surface area contributed by atoms with Crippen LogP contribution in [-0.4, -0.2) is 25.5 Å². The number of nitrogens with one attached hydrogen (secondary N) is 2. The van der Waals surface area contributed by atoms with Gasteiger partial charge in [0.1, 0.15) is 0 Å². The van der Waals surface area contributed by atoms with Gasteiger partial charge < -0.3 is 10.6 Å². The van der Waals surface area contributed by atoms with Crippen LogP contribution in [0.2, 0.25) is 0 Å². The second-order valence-electron chi connectivity index (χ2n) is 2.13. The Morgan fingerprint density at radius 1 is 1.38 bits per heavy atom. The lowest BCUT2D eigenvalue weighted by Crippen LogP contribution is -2.44. The molecule has 0 unspecified atom stereocenters. The van der Waals surface area contributed by atoms with E-state index in [0.29, 0.717) is 0 Å². The molecule has 0 spiro atoms. The number of rotatable bonds is 1. The molecule has 1 aliphatic heterocycles. The Hall–Kier alpha value is 0.270. The molecule has 0 atom stereocenters. The van der Waals surface area contributed by atoms with Gasteiger partial charge in [0.25, 0.3) is 0 Å². The first-order valence-electron chi connectivity index (χ1n) is 2.96. The third kappa shape index (κ3) is 1.65. The Labute approximate surface area is 55.4 Å². The van der Waals surface area contributed by atoms with Crippen LogP contribution < -0.4 is 10.6 Å². The summed E-state index contributed by atoms with van der Waals surface area (Å²) in [5.41, 5.74) is 0. The molecule has 1 rings (SSSR count). The van der Waals surface area contributed by atoms with Gasteiger partial charge in [-0.05, 0) is 11.7 Å². The van der Waals surface area contributed by atoms with E-state index in [9.17, 15) is 0 Å². The molecular formula is C5H12N2S. The highest BCUT2D eigenvalue weighted by Crippen LogP contribution is 1.97. The maximum atomic E-state index is 4.18. The second-order valence-corrected chi connectivity index (χ2v) is 2.50. The molecular weight excluding hydrogens is 120 g/mol. The molecule has 2 N–H and O–H groups in total. The Bertz CT molecular complexity index is 61.4. The molecule has 0 bridgehead atoms. The van der Waals surface area contributed by atoms with Crippen molar-refractivity contribution < 1.29 is 0 Å². The van der Waals surface area contributed by atoms with Crippen molar-refractivity contribution in [3.8, 4) is 0 Å². The van der Waals surface area contributed by atoms with Gasteiger partial charge >= 0.3 is 0 Å². The smallest absolute Gasteiger partial charge is 0.0454 e. The van der Waals surface area contributed by atoms with Gasteiger partial charge in [-0.2, -0.15) is 12.6 Å². The van der Waals surface area contributed by atoms with Crippen LogP contribution >= 0.6 is 12.6 Å². The average molecular weight is 132 g/mol. The van der Waals surface area contributed by atoms with E-state index in [4.69, 9.17) is 0 Å². The van der Waals surface area contributed by atoms with Gasteiger partial charge in [0, 0.05) is 19.8 Å². The molecule has 0 aromatic heterocycles. The van der Waals surface area contributed by atoms with Crippen molar-refractivity contribution in [1.29, 1.82) is 0 Å². The predicted molar refractivity (Wildman–Crippen MR) is 38.2 cm³/mol.